The van der Waals surface area contributed by atoms with Crippen molar-refractivity contribution in [2.24, 2.45) is 0 Å². The molecule has 0 aliphatic heterocycles. The van der Waals surface area contributed by atoms with Gasteiger partial charge in [0.25, 0.3) is 0 Å². The molecule has 0 bridgehead atoms. The van der Waals surface area contributed by atoms with Crippen molar-refractivity contribution in [3.05, 3.63) is 63.4 Å². The fourth-order valence-corrected chi connectivity index (χ4v) is 2.66. The zero-order valence-electron chi connectivity index (χ0n) is 14.6. The van der Waals surface area contributed by atoms with Gasteiger partial charge in [0, 0.05) is 6.07 Å². The Kier molecular flexibility index (Phi) is 6.13. The smallest absolute Gasteiger partial charge is 0.344 e. The van der Waals surface area contributed by atoms with Crippen LogP contribution in [0, 0.1) is 0 Å². The Morgan fingerprint density at radius 1 is 1.15 bits per heavy atom. The van der Waals surface area contributed by atoms with Crippen LogP contribution >= 0.6 is 15.9 Å². The highest BCUT2D eigenvalue weighted by Crippen LogP contribution is 2.29. The van der Waals surface area contributed by atoms with E-state index in [0.717, 1.165) is 10.9 Å². The predicted molar refractivity (Wildman–Crippen MR) is 103 cm³/mol. The minimum atomic E-state index is -0.449. The number of para-hydroxylation sites is 1. The molecule has 3 rings (SSSR count). The molecule has 3 aromatic rings. The van der Waals surface area contributed by atoms with Crippen molar-refractivity contribution < 1.29 is 23.4 Å². The Morgan fingerprint density at radius 3 is 2.74 bits per heavy atom. The van der Waals surface area contributed by atoms with Gasteiger partial charge in [-0.05, 0) is 46.6 Å². The number of ether oxygens (including phenoxy) is 3. The molecule has 1 heterocycles. The number of hydrogen-bond acceptors (Lipinski definition) is 6. The van der Waals surface area contributed by atoms with Crippen molar-refractivity contribution in [3.8, 4) is 17.2 Å². The van der Waals surface area contributed by atoms with Crippen LogP contribution in [0.5, 0.6) is 17.2 Å². The molecule has 0 fully saturated rings. The van der Waals surface area contributed by atoms with Crippen LogP contribution < -0.4 is 14.9 Å². The Morgan fingerprint density at radius 2 is 1.96 bits per heavy atom. The van der Waals surface area contributed by atoms with Gasteiger partial charge in [-0.2, -0.15) is 0 Å². The molecule has 7 heteroatoms. The molecule has 140 valence electrons. The molecule has 0 amide bonds. The summed E-state index contributed by atoms with van der Waals surface area (Å²) in [5.41, 5.74) is 0.0276. The van der Waals surface area contributed by atoms with Gasteiger partial charge in [-0.1, -0.05) is 19.1 Å². The van der Waals surface area contributed by atoms with E-state index in [1.165, 1.54) is 6.26 Å². The summed E-state index contributed by atoms with van der Waals surface area (Å²) in [7, 11) is 0. The number of esters is 1. The van der Waals surface area contributed by atoms with Gasteiger partial charge in [0.1, 0.15) is 23.3 Å². The Bertz CT molecular complexity index is 1010. The maximum absolute atomic E-state index is 12.6. The highest BCUT2D eigenvalue weighted by molar-refractivity contribution is 9.10. The molecule has 0 aliphatic carbocycles. The molecule has 1 aromatic heterocycles. The summed E-state index contributed by atoms with van der Waals surface area (Å²) >= 11 is 3.37. The van der Waals surface area contributed by atoms with E-state index in [2.05, 4.69) is 15.9 Å². The Hall–Kier alpha value is -2.80. The van der Waals surface area contributed by atoms with E-state index in [9.17, 15) is 9.59 Å². The molecule has 0 atom stereocenters. The SMILES string of the molecule is CCCOC(=O)COc1ccc2c(=O)c(Oc3ccccc3Br)coc2c1. The average Bonchev–Trinajstić information content (AvgIpc) is 2.68. The lowest BCUT2D eigenvalue weighted by atomic mass is 10.2. The average molecular weight is 433 g/mol. The molecule has 0 unspecified atom stereocenters. The first kappa shape index (κ1) is 19.0. The second kappa shape index (κ2) is 8.73. The fourth-order valence-electron chi connectivity index (χ4n) is 2.30. The number of fused-ring (bicyclic) bond motifs is 1. The van der Waals surface area contributed by atoms with Gasteiger partial charge < -0.3 is 18.6 Å². The maximum Gasteiger partial charge on any atom is 0.344 e. The normalized spacial score (nSPS) is 10.6. The minimum Gasteiger partial charge on any atom is -0.482 e. The molecular formula is C20H17BrO6. The van der Waals surface area contributed by atoms with E-state index in [4.69, 9.17) is 18.6 Å². The van der Waals surface area contributed by atoms with E-state index in [-0.39, 0.29) is 17.8 Å². The summed E-state index contributed by atoms with van der Waals surface area (Å²) in [5, 5.41) is 0.348. The van der Waals surface area contributed by atoms with Gasteiger partial charge in [0.2, 0.25) is 11.2 Å². The molecule has 0 saturated carbocycles. The second-order valence-electron chi connectivity index (χ2n) is 5.63. The molecule has 0 radical (unpaired) electrons. The van der Waals surface area contributed by atoms with Gasteiger partial charge in [-0.3, -0.25) is 4.79 Å². The third kappa shape index (κ3) is 4.68. The van der Waals surface area contributed by atoms with Crippen LogP contribution in [0.3, 0.4) is 0 Å². The van der Waals surface area contributed by atoms with Gasteiger partial charge in [-0.15, -0.1) is 0 Å². The monoisotopic (exact) mass is 432 g/mol. The van der Waals surface area contributed by atoms with Crippen molar-refractivity contribution in [1.29, 1.82) is 0 Å². The standard InChI is InChI=1S/C20H17BrO6/c1-2-9-24-19(22)12-25-13-7-8-14-17(10-13)26-11-18(20(14)23)27-16-6-4-3-5-15(16)21/h3-8,10-11H,2,9,12H2,1H3. The largest absolute Gasteiger partial charge is 0.482 e. The fraction of sp³-hybridized carbons (Fsp3) is 0.200. The van der Waals surface area contributed by atoms with Crippen molar-refractivity contribution in [2.45, 2.75) is 13.3 Å². The number of benzene rings is 2. The highest BCUT2D eigenvalue weighted by atomic mass is 79.9. The number of carbonyl (C=O) groups excluding carboxylic acids is 1. The van der Waals surface area contributed by atoms with Gasteiger partial charge >= 0.3 is 5.97 Å². The van der Waals surface area contributed by atoms with Crippen molar-refractivity contribution in [2.75, 3.05) is 13.2 Å². The van der Waals surface area contributed by atoms with E-state index >= 15 is 0 Å². The van der Waals surface area contributed by atoms with Crippen LogP contribution in [0.4, 0.5) is 0 Å². The molecule has 0 aliphatic rings. The quantitative estimate of drug-likeness (QED) is 0.504. The van der Waals surface area contributed by atoms with Crippen LogP contribution in [-0.4, -0.2) is 19.2 Å². The molecule has 0 saturated heterocycles. The third-order valence-corrected chi connectivity index (χ3v) is 4.25. The lowest BCUT2D eigenvalue weighted by Gasteiger charge is -2.09. The predicted octanol–water partition coefficient (Wildman–Crippen LogP) is 4.68. The lowest BCUT2D eigenvalue weighted by molar-refractivity contribution is -0.146. The lowest BCUT2D eigenvalue weighted by Crippen LogP contribution is -2.15. The van der Waals surface area contributed by atoms with Crippen molar-refractivity contribution >= 4 is 32.9 Å². The molecular weight excluding hydrogens is 416 g/mol. The summed E-state index contributed by atoms with van der Waals surface area (Å²) in [6.07, 6.45) is 2.00. The first-order valence-electron chi connectivity index (χ1n) is 8.35. The summed E-state index contributed by atoms with van der Waals surface area (Å²) in [6.45, 7) is 2.06. The van der Waals surface area contributed by atoms with E-state index < -0.39 is 5.97 Å². The van der Waals surface area contributed by atoms with Crippen LogP contribution in [0.25, 0.3) is 11.0 Å². The van der Waals surface area contributed by atoms with Crippen LogP contribution in [0.2, 0.25) is 0 Å². The summed E-state index contributed by atoms with van der Waals surface area (Å²) in [5.74, 6) is 0.537. The molecule has 2 aromatic carbocycles. The summed E-state index contributed by atoms with van der Waals surface area (Å²) in [6, 6.07) is 11.9. The topological polar surface area (TPSA) is 75.0 Å². The summed E-state index contributed by atoms with van der Waals surface area (Å²) < 4.78 is 22.2. The van der Waals surface area contributed by atoms with Gasteiger partial charge in [0.05, 0.1) is 16.5 Å². The van der Waals surface area contributed by atoms with Crippen molar-refractivity contribution in [1.82, 2.24) is 0 Å². The minimum absolute atomic E-state index is 0.0752. The molecule has 0 N–H and O–H groups in total. The maximum atomic E-state index is 12.6. The van der Waals surface area contributed by atoms with E-state index in [1.807, 2.05) is 19.1 Å². The highest BCUT2D eigenvalue weighted by Gasteiger charge is 2.12. The third-order valence-electron chi connectivity index (χ3n) is 3.59. The van der Waals surface area contributed by atoms with Crippen molar-refractivity contribution in [3.63, 3.8) is 0 Å². The number of rotatable bonds is 7. The van der Waals surface area contributed by atoms with E-state index in [1.54, 1.807) is 30.3 Å². The van der Waals surface area contributed by atoms with Gasteiger partial charge in [0.15, 0.2) is 6.61 Å². The Balaban J connectivity index is 1.78. The second-order valence-corrected chi connectivity index (χ2v) is 6.48. The summed E-state index contributed by atoms with van der Waals surface area (Å²) in [4.78, 5) is 24.1. The van der Waals surface area contributed by atoms with Crippen LogP contribution in [0.1, 0.15) is 13.3 Å². The van der Waals surface area contributed by atoms with Crippen LogP contribution in [0.15, 0.2) is 62.4 Å². The van der Waals surface area contributed by atoms with Gasteiger partial charge in [-0.25, -0.2) is 4.79 Å². The van der Waals surface area contributed by atoms with Crippen LogP contribution in [-0.2, 0) is 9.53 Å². The molecule has 0 spiro atoms. The zero-order valence-corrected chi connectivity index (χ0v) is 16.2. The Labute approximate surface area is 163 Å². The number of hydrogen-bond donors (Lipinski definition) is 0. The van der Waals surface area contributed by atoms with E-state index in [0.29, 0.717) is 29.1 Å². The molecule has 6 nitrogen and oxygen atoms in total. The number of halogens is 1. The number of carbonyl (C=O) groups is 1. The zero-order chi connectivity index (χ0) is 19.2. The first-order chi connectivity index (χ1) is 13.1. The first-order valence-corrected chi connectivity index (χ1v) is 9.14. The molecule has 27 heavy (non-hydrogen) atoms.